The Morgan fingerprint density at radius 1 is 0.586 bits per heavy atom. The molecule has 0 N–H and O–H groups in total. The normalized spacial score (nSPS) is 45.2. The predicted octanol–water partition coefficient (Wildman–Crippen LogP) is 5.06. The summed E-state index contributed by atoms with van der Waals surface area (Å²) < 4.78 is 12.6. The summed E-state index contributed by atoms with van der Waals surface area (Å²) in [5.41, 5.74) is -1.23. The van der Waals surface area contributed by atoms with Gasteiger partial charge in [0, 0.05) is 11.8 Å². The standard InChI is InChI=1S/C25H36O4/c26-20-18(9-7-15-24(20)22(28-24)11-3-1-4-12-22)17-19-10-8-16-25(21(19)27)23(29-25)13-5-2-6-14-23/h18-19H,1-17H2/t18-,19-,24+,25+/m1/s1. The first-order valence-electron chi connectivity index (χ1n) is 12.6. The van der Waals surface area contributed by atoms with E-state index in [1.54, 1.807) is 0 Å². The maximum atomic E-state index is 13.6. The first-order valence-corrected chi connectivity index (χ1v) is 12.6. The monoisotopic (exact) mass is 400 g/mol. The van der Waals surface area contributed by atoms with Crippen molar-refractivity contribution in [3.8, 4) is 0 Å². The van der Waals surface area contributed by atoms with Crippen LogP contribution < -0.4 is 0 Å². The minimum atomic E-state index is -0.480. The molecule has 4 spiro atoms. The zero-order valence-corrected chi connectivity index (χ0v) is 17.8. The lowest BCUT2D eigenvalue weighted by Crippen LogP contribution is -2.46. The molecule has 4 saturated carbocycles. The van der Waals surface area contributed by atoms with Gasteiger partial charge in [-0.25, -0.2) is 0 Å². The van der Waals surface area contributed by atoms with Crippen LogP contribution in [0.1, 0.15) is 109 Å². The van der Waals surface area contributed by atoms with Crippen molar-refractivity contribution >= 4 is 11.6 Å². The highest BCUT2D eigenvalue weighted by molar-refractivity contribution is 5.97. The number of epoxide rings is 2. The van der Waals surface area contributed by atoms with Crippen LogP contribution in [0.3, 0.4) is 0 Å². The van der Waals surface area contributed by atoms with Crippen LogP contribution in [-0.2, 0) is 19.1 Å². The van der Waals surface area contributed by atoms with Gasteiger partial charge in [0.05, 0.1) is 0 Å². The highest BCUT2D eigenvalue weighted by Gasteiger charge is 2.76. The van der Waals surface area contributed by atoms with E-state index >= 15 is 0 Å². The van der Waals surface area contributed by atoms with E-state index in [-0.39, 0.29) is 23.0 Å². The molecule has 2 heterocycles. The third-order valence-corrected chi connectivity index (χ3v) is 9.72. The van der Waals surface area contributed by atoms with E-state index in [0.717, 1.165) is 70.6 Å². The van der Waals surface area contributed by atoms with Gasteiger partial charge in [-0.05, 0) is 70.6 Å². The van der Waals surface area contributed by atoms with Gasteiger partial charge in [-0.2, -0.15) is 0 Å². The Kier molecular flexibility index (Phi) is 4.18. The molecule has 2 saturated heterocycles. The Balaban J connectivity index is 1.17. The Morgan fingerprint density at radius 2 is 1.00 bits per heavy atom. The fourth-order valence-electron chi connectivity index (χ4n) is 8.14. The number of carbonyl (C=O) groups is 2. The van der Waals surface area contributed by atoms with Gasteiger partial charge in [0.15, 0.2) is 22.8 Å². The lowest BCUT2D eigenvalue weighted by molar-refractivity contribution is -0.135. The molecule has 160 valence electrons. The second-order valence-corrected chi connectivity index (χ2v) is 11.1. The van der Waals surface area contributed by atoms with Gasteiger partial charge >= 0.3 is 0 Å². The van der Waals surface area contributed by atoms with Gasteiger partial charge in [-0.15, -0.1) is 0 Å². The summed E-state index contributed by atoms with van der Waals surface area (Å²) in [6.07, 6.45) is 18.2. The molecular weight excluding hydrogens is 364 g/mol. The smallest absolute Gasteiger partial charge is 0.170 e. The quantitative estimate of drug-likeness (QED) is 0.608. The summed E-state index contributed by atoms with van der Waals surface area (Å²) in [4.78, 5) is 27.1. The highest BCUT2D eigenvalue weighted by Crippen LogP contribution is 2.64. The van der Waals surface area contributed by atoms with Gasteiger partial charge < -0.3 is 9.47 Å². The number of ether oxygens (including phenoxy) is 2. The molecule has 4 aliphatic carbocycles. The van der Waals surface area contributed by atoms with Crippen molar-refractivity contribution in [3.63, 3.8) is 0 Å². The molecular formula is C25H36O4. The molecule has 0 aromatic heterocycles. The maximum Gasteiger partial charge on any atom is 0.170 e. The first-order chi connectivity index (χ1) is 14.1. The minimum absolute atomic E-state index is 0.0233. The first kappa shape index (κ1) is 19.0. The second kappa shape index (κ2) is 6.38. The fourth-order valence-corrected chi connectivity index (χ4v) is 8.14. The van der Waals surface area contributed by atoms with E-state index in [1.807, 2.05) is 0 Å². The second-order valence-electron chi connectivity index (χ2n) is 11.1. The van der Waals surface area contributed by atoms with E-state index in [0.29, 0.717) is 11.6 Å². The van der Waals surface area contributed by atoms with Crippen LogP contribution in [0.25, 0.3) is 0 Å². The van der Waals surface area contributed by atoms with Crippen molar-refractivity contribution in [2.45, 2.75) is 132 Å². The molecule has 6 rings (SSSR count). The summed E-state index contributed by atoms with van der Waals surface area (Å²) in [5.74, 6) is 0.745. The Hall–Kier alpha value is -0.740. The molecule has 6 fully saturated rings. The van der Waals surface area contributed by atoms with Crippen molar-refractivity contribution in [1.29, 1.82) is 0 Å². The molecule has 29 heavy (non-hydrogen) atoms. The number of Topliss-reactive ketones (excluding diaryl/α,β-unsaturated/α-hetero) is 2. The van der Waals surface area contributed by atoms with Crippen LogP contribution in [0, 0.1) is 11.8 Å². The highest BCUT2D eigenvalue weighted by atomic mass is 16.6. The minimum Gasteiger partial charge on any atom is -0.354 e. The summed E-state index contributed by atoms with van der Waals surface area (Å²) >= 11 is 0. The zero-order chi connectivity index (χ0) is 19.7. The largest absolute Gasteiger partial charge is 0.354 e. The van der Waals surface area contributed by atoms with Crippen LogP contribution in [0.2, 0.25) is 0 Å². The number of hydrogen-bond acceptors (Lipinski definition) is 4. The molecule has 2 aliphatic heterocycles. The SMILES string of the molecule is O=C1[C@@H](C[C@H]2CCC[C@]3(OC34CCCCC4)C2=O)CCC[C@]12OC21CCCCC1. The van der Waals surface area contributed by atoms with Gasteiger partial charge in [0.25, 0.3) is 0 Å². The molecule has 4 heteroatoms. The third kappa shape index (κ3) is 2.51. The molecule has 0 aromatic rings. The molecule has 0 amide bonds. The number of ketones is 2. The van der Waals surface area contributed by atoms with E-state index in [2.05, 4.69) is 0 Å². The average Bonchev–Trinajstić information content (AvgIpc) is 3.56. The molecule has 0 radical (unpaired) electrons. The number of rotatable bonds is 2. The number of hydrogen-bond donors (Lipinski definition) is 0. The van der Waals surface area contributed by atoms with Gasteiger partial charge in [-0.1, -0.05) is 38.5 Å². The number of fused-ring (bicyclic) bond motifs is 2. The Bertz CT molecular complexity index is 656. The van der Waals surface area contributed by atoms with Crippen molar-refractivity contribution < 1.29 is 19.1 Å². The molecule has 0 unspecified atom stereocenters. The Labute approximate surface area is 174 Å². The van der Waals surface area contributed by atoms with Gasteiger partial charge in [0.2, 0.25) is 0 Å². The molecule has 4 atom stereocenters. The van der Waals surface area contributed by atoms with E-state index in [9.17, 15) is 9.59 Å². The summed E-state index contributed by atoms with van der Waals surface area (Å²) in [5, 5.41) is 0. The van der Waals surface area contributed by atoms with Crippen molar-refractivity contribution in [2.75, 3.05) is 0 Å². The Morgan fingerprint density at radius 3 is 1.41 bits per heavy atom. The maximum absolute atomic E-state index is 13.6. The molecule has 0 aromatic carbocycles. The summed E-state index contributed by atoms with van der Waals surface area (Å²) in [6.45, 7) is 0. The van der Waals surface area contributed by atoms with Crippen LogP contribution >= 0.6 is 0 Å². The van der Waals surface area contributed by atoms with Crippen LogP contribution in [0.15, 0.2) is 0 Å². The van der Waals surface area contributed by atoms with Crippen molar-refractivity contribution in [3.05, 3.63) is 0 Å². The van der Waals surface area contributed by atoms with Gasteiger partial charge in [0.1, 0.15) is 11.2 Å². The van der Waals surface area contributed by atoms with Gasteiger partial charge in [-0.3, -0.25) is 9.59 Å². The molecule has 4 nitrogen and oxygen atoms in total. The molecule has 0 bridgehead atoms. The zero-order valence-electron chi connectivity index (χ0n) is 17.8. The topological polar surface area (TPSA) is 59.2 Å². The van der Waals surface area contributed by atoms with E-state index in [1.165, 1.54) is 38.5 Å². The number of carbonyl (C=O) groups excluding carboxylic acids is 2. The fraction of sp³-hybridized carbons (Fsp3) is 0.920. The molecule has 6 aliphatic rings. The summed E-state index contributed by atoms with van der Waals surface area (Å²) in [7, 11) is 0. The van der Waals surface area contributed by atoms with Crippen molar-refractivity contribution in [2.24, 2.45) is 11.8 Å². The van der Waals surface area contributed by atoms with E-state index < -0.39 is 11.2 Å². The van der Waals surface area contributed by atoms with E-state index in [4.69, 9.17) is 9.47 Å². The predicted molar refractivity (Wildman–Crippen MR) is 109 cm³/mol. The summed E-state index contributed by atoms with van der Waals surface area (Å²) in [6, 6.07) is 0. The lowest BCUT2D eigenvalue weighted by Gasteiger charge is -2.34. The third-order valence-electron chi connectivity index (χ3n) is 9.72. The van der Waals surface area contributed by atoms with Crippen LogP contribution in [-0.4, -0.2) is 34.0 Å². The average molecular weight is 401 g/mol. The van der Waals surface area contributed by atoms with Crippen molar-refractivity contribution in [1.82, 2.24) is 0 Å². The van der Waals surface area contributed by atoms with Crippen LogP contribution in [0.5, 0.6) is 0 Å². The van der Waals surface area contributed by atoms with Crippen LogP contribution in [0.4, 0.5) is 0 Å². The lowest BCUT2D eigenvalue weighted by atomic mass is 9.64.